The van der Waals surface area contributed by atoms with Crippen molar-refractivity contribution in [2.24, 2.45) is 23.7 Å². The van der Waals surface area contributed by atoms with Crippen molar-refractivity contribution in [3.8, 4) is 0 Å². The van der Waals surface area contributed by atoms with Crippen LogP contribution in [0.15, 0.2) is 12.7 Å². The number of piperazine rings is 1. The summed E-state index contributed by atoms with van der Waals surface area (Å²) in [5, 5.41) is 13.0. The van der Waals surface area contributed by atoms with Crippen LogP contribution in [0.25, 0.3) is 0 Å². The molecule has 5 rings (SSSR count). The summed E-state index contributed by atoms with van der Waals surface area (Å²) in [7, 11) is 1.72. The predicted molar refractivity (Wildman–Crippen MR) is 178 cm³/mol. The lowest BCUT2D eigenvalue weighted by molar-refractivity contribution is -0.138. The van der Waals surface area contributed by atoms with Gasteiger partial charge in [0.15, 0.2) is 5.78 Å². The summed E-state index contributed by atoms with van der Waals surface area (Å²) in [5.74, 6) is -2.51. The second-order valence-electron chi connectivity index (χ2n) is 15.2. The molecule has 13 nitrogen and oxygen atoms in total. The summed E-state index contributed by atoms with van der Waals surface area (Å²) in [4.78, 5) is 74.8. The van der Waals surface area contributed by atoms with Crippen molar-refractivity contribution < 1.29 is 28.4 Å². The molecular formula is C34H55FN8O5. The molecule has 0 aromatic heterocycles. The Morgan fingerprint density at radius 3 is 2.38 bits per heavy atom. The number of nitrogens with zero attached hydrogens (tertiary/aromatic N) is 4. The molecule has 268 valence electrons. The Morgan fingerprint density at radius 2 is 1.71 bits per heavy atom. The summed E-state index contributed by atoms with van der Waals surface area (Å²) in [6.45, 7) is 17.0. The van der Waals surface area contributed by atoms with Gasteiger partial charge in [-0.25, -0.2) is 9.18 Å². The lowest BCUT2D eigenvalue weighted by atomic mass is 9.77. The van der Waals surface area contributed by atoms with Crippen LogP contribution in [0.5, 0.6) is 0 Å². The van der Waals surface area contributed by atoms with Crippen molar-refractivity contribution in [3.05, 3.63) is 12.7 Å². The quantitative estimate of drug-likeness (QED) is 0.320. The molecule has 0 spiro atoms. The van der Waals surface area contributed by atoms with Crippen LogP contribution in [0.4, 0.5) is 9.18 Å². The molecule has 0 saturated carbocycles. The fourth-order valence-electron chi connectivity index (χ4n) is 8.83. The average Bonchev–Trinajstić information content (AvgIpc) is 3.04. The Labute approximate surface area is 283 Å². The number of Topliss-reactive ketones (excluding diaryl/α,β-unsaturated/α-hetero) is 1. The molecule has 5 saturated heterocycles. The number of piperidine rings is 2. The molecule has 5 amide bonds. The average molecular weight is 675 g/mol. The molecule has 5 aliphatic heterocycles. The molecule has 5 fully saturated rings. The van der Waals surface area contributed by atoms with Gasteiger partial charge in [0.2, 0.25) is 17.7 Å². The summed E-state index contributed by atoms with van der Waals surface area (Å²) in [5.41, 5.74) is 0. The first-order chi connectivity index (χ1) is 22.6. The number of hydrogen-bond donors (Lipinski definition) is 4. The van der Waals surface area contributed by atoms with E-state index >= 15 is 4.39 Å². The van der Waals surface area contributed by atoms with Gasteiger partial charge in [0.25, 0.3) is 0 Å². The number of rotatable bonds is 3. The number of likely N-dealkylation sites (N-methyl/N-ethyl adjacent to an activating group) is 1. The van der Waals surface area contributed by atoms with E-state index in [0.717, 1.165) is 0 Å². The highest BCUT2D eigenvalue weighted by atomic mass is 19.1. The fraction of sp³-hybridized carbons (Fsp3) is 0.794. The Balaban J connectivity index is 1.57. The maximum Gasteiger partial charge on any atom is 0.320 e. The van der Waals surface area contributed by atoms with Crippen molar-refractivity contribution >= 4 is 29.5 Å². The first-order valence-electron chi connectivity index (χ1n) is 17.6. The van der Waals surface area contributed by atoms with E-state index in [-0.39, 0.29) is 66.7 Å². The van der Waals surface area contributed by atoms with Crippen LogP contribution in [0.3, 0.4) is 0 Å². The summed E-state index contributed by atoms with van der Waals surface area (Å²) >= 11 is 0. The van der Waals surface area contributed by atoms with Crippen molar-refractivity contribution in [1.82, 2.24) is 40.9 Å². The van der Waals surface area contributed by atoms with Crippen LogP contribution in [0, 0.1) is 23.7 Å². The number of halogens is 1. The van der Waals surface area contributed by atoms with E-state index < -0.39 is 54.1 Å². The number of nitrogens with one attached hydrogen (secondary N) is 4. The van der Waals surface area contributed by atoms with Gasteiger partial charge in [0, 0.05) is 63.1 Å². The number of carbonyl (C=O) groups excluding carboxylic acids is 5. The second-order valence-corrected chi connectivity index (χ2v) is 15.2. The number of ketones is 1. The smallest absolute Gasteiger partial charge is 0.320 e. The second kappa shape index (κ2) is 14.4. The zero-order chi connectivity index (χ0) is 35.2. The van der Waals surface area contributed by atoms with Gasteiger partial charge in [0.1, 0.15) is 12.2 Å². The van der Waals surface area contributed by atoms with Gasteiger partial charge in [-0.1, -0.05) is 27.4 Å². The summed E-state index contributed by atoms with van der Waals surface area (Å²) < 4.78 is 16.3. The normalized spacial score (nSPS) is 40.4. The van der Waals surface area contributed by atoms with Crippen LogP contribution in [0.1, 0.15) is 60.8 Å². The van der Waals surface area contributed by atoms with Crippen molar-refractivity contribution in [3.63, 3.8) is 0 Å². The third kappa shape index (κ3) is 6.84. The SMILES string of the molecule is C=CC(=O)N1C[C@H](C)N(C2NC(=O)N3C4NC(C(=O)CC(C)C(=O)NC(C)C(=O)N(C)CC5CCNC(C(C)C)C53)C(F)CC42)C[C@H]1C. The minimum absolute atomic E-state index is 0.0234. The highest BCUT2D eigenvalue weighted by Crippen LogP contribution is 2.39. The van der Waals surface area contributed by atoms with Crippen molar-refractivity contribution in [2.45, 2.75) is 116 Å². The van der Waals surface area contributed by atoms with E-state index in [4.69, 9.17) is 0 Å². The van der Waals surface area contributed by atoms with E-state index in [1.807, 2.05) is 13.8 Å². The van der Waals surface area contributed by atoms with Gasteiger partial charge in [-0.2, -0.15) is 0 Å². The number of amides is 5. The zero-order valence-corrected chi connectivity index (χ0v) is 29.4. The largest absolute Gasteiger partial charge is 0.344 e. The Kier molecular flexibility index (Phi) is 10.9. The maximum atomic E-state index is 16.3. The Hall–Kier alpha value is -3.10. The summed E-state index contributed by atoms with van der Waals surface area (Å²) in [6, 6.07) is -3.15. The third-order valence-electron chi connectivity index (χ3n) is 11.4. The Morgan fingerprint density at radius 1 is 1.00 bits per heavy atom. The molecule has 0 aliphatic carbocycles. The minimum Gasteiger partial charge on any atom is -0.344 e. The van der Waals surface area contributed by atoms with E-state index in [2.05, 4.69) is 46.6 Å². The summed E-state index contributed by atoms with van der Waals surface area (Å²) in [6.07, 6.45) is -0.976. The van der Waals surface area contributed by atoms with Crippen molar-refractivity contribution in [2.75, 3.05) is 33.2 Å². The molecule has 5 aliphatic rings. The van der Waals surface area contributed by atoms with Gasteiger partial charge in [-0.3, -0.25) is 29.4 Å². The van der Waals surface area contributed by atoms with Gasteiger partial charge in [0.05, 0.1) is 24.4 Å². The van der Waals surface area contributed by atoms with Crippen LogP contribution in [0.2, 0.25) is 0 Å². The molecule has 5 heterocycles. The van der Waals surface area contributed by atoms with E-state index in [1.165, 1.54) is 6.08 Å². The number of hydrogen-bond acceptors (Lipinski definition) is 8. The van der Waals surface area contributed by atoms with Gasteiger partial charge < -0.3 is 30.7 Å². The molecule has 0 radical (unpaired) electrons. The van der Waals surface area contributed by atoms with Crippen LogP contribution >= 0.6 is 0 Å². The molecule has 0 aromatic rings. The molecule has 2 bridgehead atoms. The first kappa shape index (κ1) is 36.2. The van der Waals surface area contributed by atoms with E-state index in [1.54, 1.807) is 35.6 Å². The number of urea groups is 1. The number of fused-ring (bicyclic) bond motifs is 3. The highest BCUT2D eigenvalue weighted by molar-refractivity contribution is 5.92. The molecular weight excluding hydrogens is 619 g/mol. The first-order valence-corrected chi connectivity index (χ1v) is 17.6. The molecule has 4 N–H and O–H groups in total. The lowest BCUT2D eigenvalue weighted by Crippen LogP contribution is -2.80. The standard InChI is InChI=1S/C34H55FN8O5/c1-9-26(45)41-14-20(6)42(15-19(41)5)30-23-13-24(35)28-25(44)12-18(4)32(46)37-21(7)33(47)40(8)16-22-10-11-36-27(17(2)3)29(22)43(31(23)38-28)34(48)39-30/h9,17-24,27-31,36,38H,1,10-16H2,2-8H3,(H,37,46)(H,39,48)/t18?,19-,20+,21?,22?,23?,24?,27?,28?,29?,30?,31?/m1/s1. The van der Waals surface area contributed by atoms with Gasteiger partial charge in [-0.15, -0.1) is 0 Å². The van der Waals surface area contributed by atoms with Crippen LogP contribution in [-0.2, 0) is 19.2 Å². The molecule has 0 aromatic carbocycles. The molecule has 12 atom stereocenters. The highest BCUT2D eigenvalue weighted by Gasteiger charge is 2.56. The fourth-order valence-corrected chi connectivity index (χ4v) is 8.83. The maximum absolute atomic E-state index is 16.3. The molecule has 10 unspecified atom stereocenters. The lowest BCUT2D eigenvalue weighted by Gasteiger charge is -2.59. The van der Waals surface area contributed by atoms with Crippen molar-refractivity contribution in [1.29, 1.82) is 0 Å². The van der Waals surface area contributed by atoms with E-state index in [9.17, 15) is 24.0 Å². The minimum atomic E-state index is -1.55. The molecule has 14 heteroatoms. The number of alkyl halides is 1. The van der Waals surface area contributed by atoms with Crippen LogP contribution in [-0.4, -0.2) is 137 Å². The topological polar surface area (TPSA) is 146 Å². The Bertz CT molecular complexity index is 1280. The zero-order valence-electron chi connectivity index (χ0n) is 29.4. The predicted octanol–water partition coefficient (Wildman–Crippen LogP) is 0.662. The van der Waals surface area contributed by atoms with E-state index in [0.29, 0.717) is 32.6 Å². The number of carbonyl (C=O) groups is 5. The monoisotopic (exact) mass is 674 g/mol. The van der Waals surface area contributed by atoms with Gasteiger partial charge in [-0.05, 0) is 58.1 Å². The third-order valence-corrected chi connectivity index (χ3v) is 11.4. The van der Waals surface area contributed by atoms with Gasteiger partial charge >= 0.3 is 6.03 Å². The van der Waals surface area contributed by atoms with Crippen LogP contribution < -0.4 is 21.3 Å². The molecule has 48 heavy (non-hydrogen) atoms.